The van der Waals surface area contributed by atoms with Crippen molar-refractivity contribution in [2.45, 2.75) is 32.7 Å². The summed E-state index contributed by atoms with van der Waals surface area (Å²) in [6.07, 6.45) is 1.61. The summed E-state index contributed by atoms with van der Waals surface area (Å²) in [5, 5.41) is 9.37. The second-order valence-corrected chi connectivity index (χ2v) is 4.99. The first kappa shape index (κ1) is 13.6. The molecule has 0 aliphatic carbocycles. The minimum Gasteiger partial charge on any atom is -0.481 e. The SMILES string of the molecule is COc1cc(N2CCC(C)CC2C(=O)O)nc(C)n1. The fourth-order valence-electron chi connectivity index (χ4n) is 2.43. The molecule has 104 valence electrons. The Hall–Kier alpha value is -1.85. The summed E-state index contributed by atoms with van der Waals surface area (Å²) < 4.78 is 5.12. The van der Waals surface area contributed by atoms with Crippen molar-refractivity contribution in [1.29, 1.82) is 0 Å². The van der Waals surface area contributed by atoms with E-state index in [2.05, 4.69) is 16.9 Å². The van der Waals surface area contributed by atoms with E-state index in [0.29, 0.717) is 36.4 Å². The zero-order chi connectivity index (χ0) is 14.0. The lowest BCUT2D eigenvalue weighted by molar-refractivity contribution is -0.139. The Labute approximate surface area is 112 Å². The molecule has 6 nitrogen and oxygen atoms in total. The highest BCUT2D eigenvalue weighted by molar-refractivity contribution is 5.78. The molecule has 2 atom stereocenters. The molecule has 6 heteroatoms. The standard InChI is InChI=1S/C13H19N3O3/c1-8-4-5-16(10(6-8)13(17)18)11-7-12(19-3)15-9(2)14-11/h7-8,10H,4-6H2,1-3H3,(H,17,18). The average molecular weight is 265 g/mol. The number of aromatic nitrogens is 2. The molecule has 1 N–H and O–H groups in total. The molecule has 0 radical (unpaired) electrons. The van der Waals surface area contributed by atoms with Crippen molar-refractivity contribution < 1.29 is 14.6 Å². The number of ether oxygens (including phenoxy) is 1. The second-order valence-electron chi connectivity index (χ2n) is 4.99. The molecule has 1 aliphatic heterocycles. The summed E-state index contributed by atoms with van der Waals surface area (Å²) in [5.41, 5.74) is 0. The predicted octanol–water partition coefficient (Wildman–Crippen LogP) is 1.48. The number of methoxy groups -OCH3 is 1. The summed E-state index contributed by atoms with van der Waals surface area (Å²) in [6.45, 7) is 4.55. The molecule has 1 saturated heterocycles. The second kappa shape index (κ2) is 5.42. The Morgan fingerprint density at radius 1 is 1.53 bits per heavy atom. The summed E-state index contributed by atoms with van der Waals surface area (Å²) in [5.74, 6) is 1.29. The van der Waals surface area contributed by atoms with Crippen molar-refractivity contribution in [2.75, 3.05) is 18.6 Å². The van der Waals surface area contributed by atoms with Crippen molar-refractivity contribution in [3.8, 4) is 5.88 Å². The molecule has 0 aromatic carbocycles. The monoisotopic (exact) mass is 265 g/mol. The van der Waals surface area contributed by atoms with E-state index < -0.39 is 12.0 Å². The van der Waals surface area contributed by atoms with E-state index in [-0.39, 0.29) is 0 Å². The van der Waals surface area contributed by atoms with E-state index >= 15 is 0 Å². The molecule has 1 aromatic rings. The third-order valence-corrected chi connectivity index (χ3v) is 3.45. The lowest BCUT2D eigenvalue weighted by Crippen LogP contribution is -2.47. The van der Waals surface area contributed by atoms with Crippen molar-refractivity contribution >= 4 is 11.8 Å². The van der Waals surface area contributed by atoms with E-state index in [0.717, 1.165) is 6.42 Å². The van der Waals surface area contributed by atoms with Crippen LogP contribution in [0.4, 0.5) is 5.82 Å². The maximum Gasteiger partial charge on any atom is 0.326 e. The van der Waals surface area contributed by atoms with Gasteiger partial charge in [0.25, 0.3) is 0 Å². The molecule has 2 heterocycles. The molecule has 2 rings (SSSR count). The van der Waals surface area contributed by atoms with Gasteiger partial charge in [0.1, 0.15) is 17.7 Å². The van der Waals surface area contributed by atoms with Crippen molar-refractivity contribution in [3.05, 3.63) is 11.9 Å². The van der Waals surface area contributed by atoms with Gasteiger partial charge in [0.05, 0.1) is 7.11 Å². The Balaban J connectivity index is 2.33. The van der Waals surface area contributed by atoms with Crippen LogP contribution in [0.25, 0.3) is 0 Å². The van der Waals surface area contributed by atoms with E-state index in [9.17, 15) is 9.90 Å². The van der Waals surface area contributed by atoms with Gasteiger partial charge in [-0.05, 0) is 25.7 Å². The number of piperidine rings is 1. The molecule has 1 aromatic heterocycles. The number of carboxylic acids is 1. The molecule has 0 bridgehead atoms. The molecule has 1 fully saturated rings. The van der Waals surface area contributed by atoms with Gasteiger partial charge < -0.3 is 14.7 Å². The minimum absolute atomic E-state index is 0.419. The summed E-state index contributed by atoms with van der Waals surface area (Å²) in [4.78, 5) is 21.7. The maximum absolute atomic E-state index is 11.4. The van der Waals surface area contributed by atoms with Gasteiger partial charge in [-0.3, -0.25) is 0 Å². The van der Waals surface area contributed by atoms with Gasteiger partial charge in [-0.1, -0.05) is 6.92 Å². The molecule has 0 amide bonds. The fraction of sp³-hybridized carbons (Fsp3) is 0.615. The third-order valence-electron chi connectivity index (χ3n) is 3.45. The molecule has 0 saturated carbocycles. The molecular weight excluding hydrogens is 246 g/mol. The summed E-state index contributed by atoms with van der Waals surface area (Å²) in [6, 6.07) is 1.17. The Bertz CT molecular complexity index is 478. The van der Waals surface area contributed by atoms with E-state index in [1.54, 1.807) is 20.1 Å². The Kier molecular flexibility index (Phi) is 3.87. The molecule has 2 unspecified atom stereocenters. The van der Waals surface area contributed by atoms with Crippen LogP contribution >= 0.6 is 0 Å². The van der Waals surface area contributed by atoms with Gasteiger partial charge in [0.15, 0.2) is 0 Å². The van der Waals surface area contributed by atoms with Crippen LogP contribution < -0.4 is 9.64 Å². The van der Waals surface area contributed by atoms with Gasteiger partial charge in [-0.25, -0.2) is 9.78 Å². The van der Waals surface area contributed by atoms with Crippen LogP contribution in [0, 0.1) is 12.8 Å². The normalized spacial score (nSPS) is 23.2. The van der Waals surface area contributed by atoms with Crippen LogP contribution in [0.2, 0.25) is 0 Å². The lowest BCUT2D eigenvalue weighted by atomic mass is 9.92. The fourth-order valence-corrected chi connectivity index (χ4v) is 2.43. The number of nitrogens with zero attached hydrogens (tertiary/aromatic N) is 3. The molecule has 1 aliphatic rings. The van der Waals surface area contributed by atoms with Crippen molar-refractivity contribution in [1.82, 2.24) is 9.97 Å². The first-order valence-corrected chi connectivity index (χ1v) is 6.40. The topological polar surface area (TPSA) is 75.5 Å². The predicted molar refractivity (Wildman–Crippen MR) is 70.5 cm³/mol. The van der Waals surface area contributed by atoms with Crippen LogP contribution in [0.5, 0.6) is 5.88 Å². The zero-order valence-electron chi connectivity index (χ0n) is 11.5. The maximum atomic E-state index is 11.4. The first-order valence-electron chi connectivity index (χ1n) is 6.40. The lowest BCUT2D eigenvalue weighted by Gasteiger charge is -2.36. The number of hydrogen-bond donors (Lipinski definition) is 1. The quantitative estimate of drug-likeness (QED) is 0.892. The largest absolute Gasteiger partial charge is 0.481 e. The van der Waals surface area contributed by atoms with Crippen LogP contribution in [0.1, 0.15) is 25.6 Å². The van der Waals surface area contributed by atoms with Crippen molar-refractivity contribution in [2.24, 2.45) is 5.92 Å². The minimum atomic E-state index is -0.804. The summed E-state index contributed by atoms with van der Waals surface area (Å²) >= 11 is 0. The smallest absolute Gasteiger partial charge is 0.326 e. The van der Waals surface area contributed by atoms with Crippen molar-refractivity contribution in [3.63, 3.8) is 0 Å². The number of hydrogen-bond acceptors (Lipinski definition) is 5. The zero-order valence-corrected chi connectivity index (χ0v) is 11.5. The number of rotatable bonds is 3. The molecule has 0 spiro atoms. The van der Waals surface area contributed by atoms with Crippen LogP contribution in [-0.2, 0) is 4.79 Å². The highest BCUT2D eigenvalue weighted by Gasteiger charge is 2.32. The van der Waals surface area contributed by atoms with Crippen LogP contribution in [0.3, 0.4) is 0 Å². The number of aryl methyl sites for hydroxylation is 1. The van der Waals surface area contributed by atoms with Gasteiger partial charge in [-0.2, -0.15) is 4.98 Å². The number of carbonyl (C=O) groups is 1. The average Bonchev–Trinajstić information content (AvgIpc) is 2.37. The van der Waals surface area contributed by atoms with Crippen LogP contribution in [-0.4, -0.2) is 40.7 Å². The van der Waals surface area contributed by atoms with E-state index in [4.69, 9.17) is 4.74 Å². The van der Waals surface area contributed by atoms with Gasteiger partial charge in [-0.15, -0.1) is 0 Å². The first-order chi connectivity index (χ1) is 9.01. The Morgan fingerprint density at radius 3 is 2.89 bits per heavy atom. The van der Waals surface area contributed by atoms with Gasteiger partial charge >= 0.3 is 5.97 Å². The summed E-state index contributed by atoms with van der Waals surface area (Å²) in [7, 11) is 1.54. The highest BCUT2D eigenvalue weighted by Crippen LogP contribution is 2.28. The van der Waals surface area contributed by atoms with Crippen LogP contribution in [0.15, 0.2) is 6.07 Å². The van der Waals surface area contributed by atoms with Gasteiger partial charge in [0.2, 0.25) is 5.88 Å². The number of carboxylic acid groups (broad SMARTS) is 1. The third kappa shape index (κ3) is 2.94. The van der Waals surface area contributed by atoms with Gasteiger partial charge in [0, 0.05) is 12.6 Å². The Morgan fingerprint density at radius 2 is 2.26 bits per heavy atom. The highest BCUT2D eigenvalue weighted by atomic mass is 16.5. The van der Waals surface area contributed by atoms with E-state index in [1.165, 1.54) is 0 Å². The molecule has 19 heavy (non-hydrogen) atoms. The number of anilines is 1. The molecular formula is C13H19N3O3. The number of aliphatic carboxylic acids is 1. The van der Waals surface area contributed by atoms with E-state index in [1.807, 2.05) is 4.90 Å².